The fourth-order valence-electron chi connectivity index (χ4n) is 4.28. The second-order valence-corrected chi connectivity index (χ2v) is 9.99. The molecule has 0 radical (unpaired) electrons. The molecular formula is C25H26ClN5O2S. The van der Waals surface area contributed by atoms with Crippen molar-refractivity contribution in [2.45, 2.75) is 26.7 Å². The normalized spacial score (nSPS) is 16.1. The number of nitrogens with one attached hydrogen (secondary N) is 1. The lowest BCUT2D eigenvalue weighted by molar-refractivity contribution is -0.120. The maximum absolute atomic E-state index is 13.0. The third-order valence-electron chi connectivity index (χ3n) is 6.14. The van der Waals surface area contributed by atoms with Gasteiger partial charge in [-0.1, -0.05) is 40.6 Å². The summed E-state index contributed by atoms with van der Waals surface area (Å²) in [5, 5.41) is 9.11. The summed E-state index contributed by atoms with van der Waals surface area (Å²) < 4.78 is 8.18. The zero-order valence-corrected chi connectivity index (χ0v) is 20.9. The summed E-state index contributed by atoms with van der Waals surface area (Å²) in [4.78, 5) is 20.2. The van der Waals surface area contributed by atoms with Gasteiger partial charge in [-0.3, -0.25) is 4.79 Å². The molecule has 9 heteroatoms. The third kappa shape index (κ3) is 4.35. The Kier molecular flexibility index (Phi) is 6.18. The Morgan fingerprint density at radius 1 is 1.21 bits per heavy atom. The lowest BCUT2D eigenvalue weighted by Crippen LogP contribution is -2.40. The standard InChI is InChI=1S/C25H26ClN5O2S/c1-15-6-9-19(10-7-15)31-23-22(16(2)29-31)34-25(28-23)30-12-4-5-17(14-30)24(32)27-18-8-11-21(33-3)20(26)13-18/h6-11,13,17H,4-5,12,14H2,1-3H3,(H,27,32)/t17-/m0/s1. The molecule has 34 heavy (non-hydrogen) atoms. The fraction of sp³-hybridized carbons (Fsp3) is 0.320. The second kappa shape index (κ2) is 9.27. The van der Waals surface area contributed by atoms with Crippen LogP contribution in [0.5, 0.6) is 5.75 Å². The van der Waals surface area contributed by atoms with Crippen LogP contribution >= 0.6 is 22.9 Å². The van der Waals surface area contributed by atoms with E-state index < -0.39 is 0 Å². The van der Waals surface area contributed by atoms with Gasteiger partial charge in [0.25, 0.3) is 0 Å². The molecule has 1 amide bonds. The van der Waals surface area contributed by atoms with Crippen molar-refractivity contribution >= 4 is 50.0 Å². The number of carbonyl (C=O) groups is 1. The zero-order valence-electron chi connectivity index (χ0n) is 19.3. The first kappa shape index (κ1) is 22.7. The Morgan fingerprint density at radius 3 is 2.74 bits per heavy atom. The summed E-state index contributed by atoms with van der Waals surface area (Å²) in [7, 11) is 1.57. The number of amides is 1. The molecule has 0 spiro atoms. The number of nitrogens with zero attached hydrogens (tertiary/aromatic N) is 4. The summed E-state index contributed by atoms with van der Waals surface area (Å²) in [6, 6.07) is 13.6. The summed E-state index contributed by atoms with van der Waals surface area (Å²) in [6.07, 6.45) is 1.77. The van der Waals surface area contributed by atoms with Crippen LogP contribution in [-0.2, 0) is 4.79 Å². The minimum atomic E-state index is -0.128. The molecule has 3 heterocycles. The van der Waals surface area contributed by atoms with Crippen LogP contribution in [0.3, 0.4) is 0 Å². The lowest BCUT2D eigenvalue weighted by Gasteiger charge is -2.31. The molecule has 4 aromatic rings. The highest BCUT2D eigenvalue weighted by molar-refractivity contribution is 7.22. The topological polar surface area (TPSA) is 72.3 Å². The average Bonchev–Trinajstić information content (AvgIpc) is 3.40. The molecule has 1 atom stereocenters. The summed E-state index contributed by atoms with van der Waals surface area (Å²) in [5.74, 6) is 0.448. The number of aromatic nitrogens is 3. The molecule has 2 aromatic carbocycles. The van der Waals surface area contributed by atoms with Gasteiger partial charge in [-0.15, -0.1) is 0 Å². The monoisotopic (exact) mass is 495 g/mol. The van der Waals surface area contributed by atoms with E-state index in [1.54, 1.807) is 36.6 Å². The van der Waals surface area contributed by atoms with E-state index in [9.17, 15) is 4.79 Å². The van der Waals surface area contributed by atoms with Crippen LogP contribution in [0.2, 0.25) is 5.02 Å². The van der Waals surface area contributed by atoms with Gasteiger partial charge in [-0.2, -0.15) is 10.1 Å². The molecule has 1 N–H and O–H groups in total. The number of fused-ring (bicyclic) bond motifs is 1. The van der Waals surface area contributed by atoms with E-state index in [4.69, 9.17) is 26.4 Å². The van der Waals surface area contributed by atoms with Crippen LogP contribution in [0, 0.1) is 19.8 Å². The number of hydrogen-bond donors (Lipinski definition) is 1. The minimum absolute atomic E-state index is 0.00550. The first-order valence-corrected chi connectivity index (χ1v) is 12.4. The van der Waals surface area contributed by atoms with E-state index in [0.717, 1.165) is 46.2 Å². The van der Waals surface area contributed by atoms with Crippen LogP contribution in [-0.4, -0.2) is 40.9 Å². The molecule has 5 rings (SSSR count). The van der Waals surface area contributed by atoms with Gasteiger partial charge in [0, 0.05) is 18.8 Å². The van der Waals surface area contributed by atoms with Crippen LogP contribution < -0.4 is 15.0 Å². The number of ether oxygens (including phenoxy) is 1. The number of methoxy groups -OCH3 is 1. The number of benzene rings is 2. The highest BCUT2D eigenvalue weighted by atomic mass is 35.5. The Balaban J connectivity index is 1.34. The number of hydrogen-bond acceptors (Lipinski definition) is 6. The average molecular weight is 496 g/mol. The van der Waals surface area contributed by atoms with Crippen LogP contribution in [0.15, 0.2) is 42.5 Å². The Hall–Kier alpha value is -3.10. The van der Waals surface area contributed by atoms with Crippen LogP contribution in [0.25, 0.3) is 16.0 Å². The molecule has 0 aliphatic carbocycles. The number of carbonyl (C=O) groups excluding carboxylic acids is 1. The second-order valence-electron chi connectivity index (χ2n) is 8.61. The molecule has 7 nitrogen and oxygen atoms in total. The molecule has 0 saturated carbocycles. The van der Waals surface area contributed by atoms with Gasteiger partial charge in [0.1, 0.15) is 5.75 Å². The van der Waals surface area contributed by atoms with Crippen molar-refractivity contribution < 1.29 is 9.53 Å². The van der Waals surface area contributed by atoms with Gasteiger partial charge in [-0.05, 0) is 57.0 Å². The largest absolute Gasteiger partial charge is 0.495 e. The fourth-order valence-corrected chi connectivity index (χ4v) is 5.56. The lowest BCUT2D eigenvalue weighted by atomic mass is 9.97. The van der Waals surface area contributed by atoms with Gasteiger partial charge in [0.2, 0.25) is 5.91 Å². The number of aryl methyl sites for hydroxylation is 2. The SMILES string of the molecule is COc1ccc(NC(=O)[C@H]2CCCN(c3nc4c(s3)c(C)nn4-c3ccc(C)cc3)C2)cc1Cl. The molecular weight excluding hydrogens is 470 g/mol. The van der Waals surface area contributed by atoms with Crippen molar-refractivity contribution in [2.24, 2.45) is 5.92 Å². The van der Waals surface area contributed by atoms with Crippen molar-refractivity contribution in [1.29, 1.82) is 0 Å². The zero-order chi connectivity index (χ0) is 23.8. The number of thiazole rings is 1. The van der Waals surface area contributed by atoms with Crippen molar-refractivity contribution in [1.82, 2.24) is 14.8 Å². The Morgan fingerprint density at radius 2 is 2.00 bits per heavy atom. The summed E-state index contributed by atoms with van der Waals surface area (Å²) in [5.41, 5.74) is 4.69. The highest BCUT2D eigenvalue weighted by Gasteiger charge is 2.28. The first-order chi connectivity index (χ1) is 16.4. The number of anilines is 2. The first-order valence-electron chi connectivity index (χ1n) is 11.3. The number of piperidine rings is 1. The summed E-state index contributed by atoms with van der Waals surface area (Å²) in [6.45, 7) is 5.59. The molecule has 1 fully saturated rings. The maximum Gasteiger partial charge on any atom is 0.229 e. The predicted molar refractivity (Wildman–Crippen MR) is 138 cm³/mol. The predicted octanol–water partition coefficient (Wildman–Crippen LogP) is 5.62. The molecule has 1 saturated heterocycles. The van der Waals surface area contributed by atoms with E-state index >= 15 is 0 Å². The van der Waals surface area contributed by atoms with E-state index in [1.807, 2.05) is 11.6 Å². The smallest absolute Gasteiger partial charge is 0.229 e. The Bertz CT molecular complexity index is 1350. The summed E-state index contributed by atoms with van der Waals surface area (Å²) >= 11 is 7.85. The van der Waals surface area contributed by atoms with Gasteiger partial charge >= 0.3 is 0 Å². The van der Waals surface area contributed by atoms with Crippen molar-refractivity contribution in [2.75, 3.05) is 30.4 Å². The molecule has 0 bridgehead atoms. The van der Waals surface area contributed by atoms with E-state index in [2.05, 4.69) is 41.4 Å². The quantitative estimate of drug-likeness (QED) is 0.389. The number of rotatable bonds is 5. The van der Waals surface area contributed by atoms with Crippen molar-refractivity contribution in [3.63, 3.8) is 0 Å². The van der Waals surface area contributed by atoms with Gasteiger partial charge in [-0.25, -0.2) is 4.68 Å². The van der Waals surface area contributed by atoms with Crippen molar-refractivity contribution in [3.05, 3.63) is 58.7 Å². The van der Waals surface area contributed by atoms with Gasteiger partial charge in [0.05, 0.1) is 34.1 Å². The van der Waals surface area contributed by atoms with Gasteiger partial charge < -0.3 is 15.0 Å². The van der Waals surface area contributed by atoms with E-state index in [0.29, 0.717) is 23.0 Å². The van der Waals surface area contributed by atoms with Crippen LogP contribution in [0.1, 0.15) is 24.1 Å². The third-order valence-corrected chi connectivity index (χ3v) is 7.65. The molecule has 1 aliphatic heterocycles. The maximum atomic E-state index is 13.0. The Labute approximate surface area is 207 Å². The van der Waals surface area contributed by atoms with E-state index in [1.165, 1.54) is 5.56 Å². The molecule has 1 aliphatic rings. The minimum Gasteiger partial charge on any atom is -0.495 e. The van der Waals surface area contributed by atoms with E-state index in [-0.39, 0.29) is 11.8 Å². The van der Waals surface area contributed by atoms with Gasteiger partial charge in [0.15, 0.2) is 10.8 Å². The molecule has 176 valence electrons. The molecule has 2 aromatic heterocycles. The van der Waals surface area contributed by atoms with Crippen LogP contribution in [0.4, 0.5) is 10.8 Å². The number of halogens is 1. The molecule has 0 unspecified atom stereocenters. The van der Waals surface area contributed by atoms with Crippen molar-refractivity contribution in [3.8, 4) is 11.4 Å². The highest BCUT2D eigenvalue weighted by Crippen LogP contribution is 2.35.